The van der Waals surface area contributed by atoms with Gasteiger partial charge in [0, 0.05) is 30.8 Å². The van der Waals surface area contributed by atoms with E-state index in [2.05, 4.69) is 4.98 Å². The van der Waals surface area contributed by atoms with Crippen molar-refractivity contribution in [3.05, 3.63) is 32.1 Å². The molecule has 1 aromatic rings. The number of H-pyrrole nitrogens is 1. The molecule has 1 aromatic heterocycles. The zero-order chi connectivity index (χ0) is 12.3. The van der Waals surface area contributed by atoms with E-state index in [0.717, 1.165) is 0 Å². The molecule has 0 aliphatic heterocycles. The lowest BCUT2D eigenvalue weighted by Gasteiger charge is -2.14. The molecule has 1 rings (SSSR count). The van der Waals surface area contributed by atoms with Gasteiger partial charge in [0.2, 0.25) is 0 Å². The summed E-state index contributed by atoms with van der Waals surface area (Å²) >= 11 is 0. The summed E-state index contributed by atoms with van der Waals surface area (Å²) < 4.78 is 13.7. The monoisotopic (exact) mass is 229 g/mol. The first-order chi connectivity index (χ1) is 7.51. The Morgan fingerprint density at radius 3 is 2.62 bits per heavy atom. The molecule has 0 spiro atoms. The number of aliphatic hydroxyl groups excluding tert-OH is 1. The second kappa shape index (κ2) is 5.07. The van der Waals surface area contributed by atoms with E-state index in [1.807, 2.05) is 0 Å². The fourth-order valence-electron chi connectivity index (χ4n) is 1.51. The van der Waals surface area contributed by atoms with Crippen LogP contribution in [0.5, 0.6) is 0 Å². The lowest BCUT2D eigenvalue weighted by Crippen LogP contribution is -2.34. The summed E-state index contributed by atoms with van der Waals surface area (Å²) in [7, 11) is 1.51. The van der Waals surface area contributed by atoms with Gasteiger partial charge in [0.25, 0.3) is 5.56 Å². The number of alkyl halides is 1. The standard InChI is InChI=1S/C10H15FN2O3/c1-6-8(3-7(4-11)5-14)13(2)10(16)12-9(6)15/h7,14H,3-5H2,1-2H3,(H,12,15,16)/i11-1. The van der Waals surface area contributed by atoms with Crippen molar-refractivity contribution in [2.45, 2.75) is 13.3 Å². The highest BCUT2D eigenvalue weighted by molar-refractivity contribution is 5.16. The van der Waals surface area contributed by atoms with Crippen molar-refractivity contribution >= 4 is 0 Å². The molecule has 2 N–H and O–H groups in total. The first kappa shape index (κ1) is 12.6. The fraction of sp³-hybridized carbons (Fsp3) is 0.600. The second-order valence-electron chi connectivity index (χ2n) is 3.80. The van der Waals surface area contributed by atoms with Crippen LogP contribution in [0.2, 0.25) is 0 Å². The van der Waals surface area contributed by atoms with Gasteiger partial charge in [0.05, 0.1) is 6.67 Å². The van der Waals surface area contributed by atoms with Gasteiger partial charge in [-0.1, -0.05) is 0 Å². The minimum Gasteiger partial charge on any atom is -0.396 e. The number of hydrogen-bond donors (Lipinski definition) is 2. The van der Waals surface area contributed by atoms with E-state index in [0.29, 0.717) is 11.3 Å². The summed E-state index contributed by atoms with van der Waals surface area (Å²) in [4.78, 5) is 24.8. The van der Waals surface area contributed by atoms with Crippen molar-refractivity contribution < 1.29 is 9.50 Å². The van der Waals surface area contributed by atoms with Crippen molar-refractivity contribution in [3.63, 3.8) is 0 Å². The Labute approximate surface area is 91.6 Å². The predicted molar refractivity (Wildman–Crippen MR) is 57.3 cm³/mol. The molecule has 0 radical (unpaired) electrons. The van der Waals surface area contributed by atoms with Crippen LogP contribution < -0.4 is 11.2 Å². The maximum atomic E-state index is 12.5. The van der Waals surface area contributed by atoms with E-state index < -0.39 is 23.8 Å². The molecule has 1 atom stereocenters. The average Bonchev–Trinajstić information content (AvgIpc) is 2.27. The summed E-state index contributed by atoms with van der Waals surface area (Å²) in [5.74, 6) is -0.578. The fourth-order valence-corrected chi connectivity index (χ4v) is 1.51. The van der Waals surface area contributed by atoms with E-state index in [9.17, 15) is 14.0 Å². The minimum absolute atomic E-state index is 0.175. The zero-order valence-corrected chi connectivity index (χ0v) is 9.29. The molecule has 1 heterocycles. The molecular formula is C10H15FN2O3. The van der Waals surface area contributed by atoms with Crippen molar-refractivity contribution in [3.8, 4) is 0 Å². The second-order valence-corrected chi connectivity index (χ2v) is 3.80. The van der Waals surface area contributed by atoms with Crippen molar-refractivity contribution in [2.24, 2.45) is 13.0 Å². The van der Waals surface area contributed by atoms with Crippen LogP contribution in [0, 0.1) is 12.8 Å². The Hall–Kier alpha value is -1.43. The molecule has 0 saturated carbocycles. The molecule has 0 aliphatic rings. The first-order valence-corrected chi connectivity index (χ1v) is 4.96. The van der Waals surface area contributed by atoms with Gasteiger partial charge in [-0.3, -0.25) is 14.2 Å². The smallest absolute Gasteiger partial charge is 0.328 e. The Kier molecular flexibility index (Phi) is 4.00. The van der Waals surface area contributed by atoms with Gasteiger partial charge >= 0.3 is 5.69 Å². The van der Waals surface area contributed by atoms with Crippen LogP contribution in [0.4, 0.5) is 4.39 Å². The van der Waals surface area contributed by atoms with E-state index in [1.165, 1.54) is 11.6 Å². The molecule has 0 bridgehead atoms. The number of hydrogen-bond acceptors (Lipinski definition) is 3. The molecule has 0 saturated heterocycles. The molecule has 0 fully saturated rings. The lowest BCUT2D eigenvalue weighted by atomic mass is 10.0. The van der Waals surface area contributed by atoms with Gasteiger partial charge in [-0.2, -0.15) is 0 Å². The van der Waals surface area contributed by atoms with Crippen LogP contribution in [0.3, 0.4) is 0 Å². The third-order valence-electron chi connectivity index (χ3n) is 2.66. The predicted octanol–water partition coefficient (Wildman–Crippen LogP) is -0.497. The van der Waals surface area contributed by atoms with Gasteiger partial charge in [0.15, 0.2) is 0 Å². The maximum Gasteiger partial charge on any atom is 0.328 e. The quantitative estimate of drug-likeness (QED) is 0.731. The Morgan fingerprint density at radius 2 is 2.12 bits per heavy atom. The van der Waals surface area contributed by atoms with Crippen LogP contribution in [0.1, 0.15) is 11.3 Å². The van der Waals surface area contributed by atoms with E-state index in [-0.39, 0.29) is 13.0 Å². The number of nitrogens with zero attached hydrogens (tertiary/aromatic N) is 1. The Morgan fingerprint density at radius 1 is 1.50 bits per heavy atom. The largest absolute Gasteiger partial charge is 0.396 e. The number of aromatic nitrogens is 2. The summed E-state index contributed by atoms with van der Waals surface area (Å²) in [6.45, 7) is 0.578. The SMILES string of the molecule is Cc1c(CC(CO)C[18F])n(C)c(=O)[nH]c1=O. The molecule has 90 valence electrons. The first-order valence-electron chi connectivity index (χ1n) is 4.96. The van der Waals surface area contributed by atoms with Crippen LogP contribution in [0.25, 0.3) is 0 Å². The van der Waals surface area contributed by atoms with Crippen LogP contribution in [-0.4, -0.2) is 27.9 Å². The summed E-state index contributed by atoms with van der Waals surface area (Å²) in [5.41, 5.74) is -0.144. The Balaban J connectivity index is 3.22. The number of nitrogens with one attached hydrogen (secondary N) is 1. The van der Waals surface area contributed by atoms with Crippen molar-refractivity contribution in [1.29, 1.82) is 0 Å². The number of aliphatic hydroxyl groups is 1. The van der Waals surface area contributed by atoms with Crippen molar-refractivity contribution in [2.75, 3.05) is 13.3 Å². The van der Waals surface area contributed by atoms with Crippen LogP contribution >= 0.6 is 0 Å². The topological polar surface area (TPSA) is 75.1 Å². The molecule has 6 heteroatoms. The minimum atomic E-state index is -0.684. The molecular weight excluding hydrogens is 214 g/mol. The third kappa shape index (κ3) is 2.38. The highest BCUT2D eigenvalue weighted by atomic mass is 18.2. The van der Waals surface area contributed by atoms with E-state index in [4.69, 9.17) is 5.11 Å². The van der Waals surface area contributed by atoms with Crippen molar-refractivity contribution in [1.82, 2.24) is 9.55 Å². The molecule has 0 aromatic carbocycles. The third-order valence-corrected chi connectivity index (χ3v) is 2.66. The molecule has 5 nitrogen and oxygen atoms in total. The zero-order valence-electron chi connectivity index (χ0n) is 9.29. The highest BCUT2D eigenvalue weighted by Gasteiger charge is 2.14. The highest BCUT2D eigenvalue weighted by Crippen LogP contribution is 2.08. The van der Waals surface area contributed by atoms with E-state index >= 15 is 0 Å². The van der Waals surface area contributed by atoms with E-state index in [1.54, 1.807) is 6.92 Å². The van der Waals surface area contributed by atoms with Gasteiger partial charge in [-0.05, 0) is 13.3 Å². The van der Waals surface area contributed by atoms with Crippen LogP contribution in [0.15, 0.2) is 9.59 Å². The van der Waals surface area contributed by atoms with Crippen LogP contribution in [-0.2, 0) is 13.5 Å². The van der Waals surface area contributed by atoms with Gasteiger partial charge in [-0.15, -0.1) is 0 Å². The van der Waals surface area contributed by atoms with Gasteiger partial charge < -0.3 is 9.67 Å². The normalized spacial score (nSPS) is 12.8. The Bertz CT molecular complexity index is 440. The molecule has 0 amide bonds. The van der Waals surface area contributed by atoms with Gasteiger partial charge in [-0.25, -0.2) is 4.79 Å². The molecule has 16 heavy (non-hydrogen) atoms. The average molecular weight is 229 g/mol. The summed E-state index contributed by atoms with van der Waals surface area (Å²) in [5, 5.41) is 8.89. The summed E-state index contributed by atoms with van der Waals surface area (Å²) in [6, 6.07) is 0. The van der Waals surface area contributed by atoms with Gasteiger partial charge in [0.1, 0.15) is 0 Å². The number of aromatic amines is 1. The maximum absolute atomic E-state index is 12.5. The molecule has 1 unspecified atom stereocenters. The lowest BCUT2D eigenvalue weighted by molar-refractivity contribution is 0.195. The number of halogens is 1. The molecule has 0 aliphatic carbocycles. The summed E-state index contributed by atoms with van der Waals surface area (Å²) in [6.07, 6.45) is 0.175. The number of rotatable bonds is 4.